The molecule has 2 heterocycles. The standard InChI is InChI=1S/C14H12N4O2S/c15-11-5-3-9-17-14(11)21(19,20)18-13-7-1-6-12-10(13)4-2-8-16-12/h1-9,18H,15H2. The van der Waals surface area contributed by atoms with Crippen LogP contribution in [-0.4, -0.2) is 18.4 Å². The van der Waals surface area contributed by atoms with Crippen molar-refractivity contribution in [1.29, 1.82) is 0 Å². The van der Waals surface area contributed by atoms with E-state index in [9.17, 15) is 8.42 Å². The number of aromatic nitrogens is 2. The lowest BCUT2D eigenvalue weighted by Crippen LogP contribution is -2.16. The number of rotatable bonds is 3. The summed E-state index contributed by atoms with van der Waals surface area (Å²) in [5.41, 5.74) is 6.92. The Kier molecular flexibility index (Phi) is 3.19. The molecule has 0 fully saturated rings. The van der Waals surface area contributed by atoms with Gasteiger partial charge in [-0.2, -0.15) is 8.42 Å². The van der Waals surface area contributed by atoms with Crippen LogP contribution in [0.4, 0.5) is 11.4 Å². The van der Waals surface area contributed by atoms with Gasteiger partial charge in [0.25, 0.3) is 10.0 Å². The molecule has 0 aliphatic heterocycles. The predicted molar refractivity (Wildman–Crippen MR) is 81.2 cm³/mol. The van der Waals surface area contributed by atoms with Crippen LogP contribution in [0, 0.1) is 0 Å². The molecule has 0 spiro atoms. The van der Waals surface area contributed by atoms with Crippen LogP contribution in [0.2, 0.25) is 0 Å². The molecule has 106 valence electrons. The topological polar surface area (TPSA) is 98.0 Å². The Labute approximate surface area is 121 Å². The number of nitrogen functional groups attached to an aromatic ring is 1. The first-order valence-corrected chi connectivity index (χ1v) is 7.63. The molecule has 21 heavy (non-hydrogen) atoms. The van der Waals surface area contributed by atoms with Gasteiger partial charge in [0.1, 0.15) is 0 Å². The lowest BCUT2D eigenvalue weighted by Gasteiger charge is -2.10. The molecular weight excluding hydrogens is 288 g/mol. The fourth-order valence-electron chi connectivity index (χ4n) is 2.01. The molecule has 7 heteroatoms. The van der Waals surface area contributed by atoms with Crippen molar-refractivity contribution in [3.05, 3.63) is 54.9 Å². The predicted octanol–water partition coefficient (Wildman–Crippen LogP) is 2.01. The SMILES string of the molecule is Nc1cccnc1S(=O)(=O)Nc1cccc2ncccc12. The van der Waals surface area contributed by atoms with Gasteiger partial charge in [0, 0.05) is 17.8 Å². The van der Waals surface area contributed by atoms with E-state index in [1.54, 1.807) is 36.5 Å². The van der Waals surface area contributed by atoms with Gasteiger partial charge in [0.2, 0.25) is 0 Å². The number of hydrogen-bond acceptors (Lipinski definition) is 5. The summed E-state index contributed by atoms with van der Waals surface area (Å²) in [5, 5.41) is 0.518. The highest BCUT2D eigenvalue weighted by Gasteiger charge is 2.19. The molecule has 6 nitrogen and oxygen atoms in total. The molecule has 3 aromatic rings. The molecule has 0 aliphatic rings. The second-order valence-electron chi connectivity index (χ2n) is 4.38. The molecule has 0 aliphatic carbocycles. The average Bonchev–Trinajstić information content (AvgIpc) is 2.47. The van der Waals surface area contributed by atoms with E-state index >= 15 is 0 Å². The fraction of sp³-hybridized carbons (Fsp3) is 0. The molecule has 0 saturated heterocycles. The van der Waals surface area contributed by atoms with Crippen LogP contribution in [0.5, 0.6) is 0 Å². The minimum absolute atomic E-state index is 0.100. The van der Waals surface area contributed by atoms with Gasteiger partial charge in [-0.25, -0.2) is 4.98 Å². The highest BCUT2D eigenvalue weighted by Crippen LogP contribution is 2.25. The summed E-state index contributed by atoms with van der Waals surface area (Å²) in [4.78, 5) is 8.02. The first-order valence-electron chi connectivity index (χ1n) is 6.15. The van der Waals surface area contributed by atoms with Crippen molar-refractivity contribution in [2.75, 3.05) is 10.5 Å². The van der Waals surface area contributed by atoms with Gasteiger partial charge < -0.3 is 5.73 Å². The first-order chi connectivity index (χ1) is 10.1. The molecular formula is C14H12N4O2S. The van der Waals surface area contributed by atoms with Crippen LogP contribution in [0.15, 0.2) is 59.9 Å². The van der Waals surface area contributed by atoms with Gasteiger partial charge in [0.05, 0.1) is 16.9 Å². The molecule has 0 radical (unpaired) electrons. The number of benzene rings is 1. The molecule has 2 aromatic heterocycles. The number of fused-ring (bicyclic) bond motifs is 1. The molecule has 3 N–H and O–H groups in total. The largest absolute Gasteiger partial charge is 0.396 e. The van der Waals surface area contributed by atoms with Crippen LogP contribution in [0.3, 0.4) is 0 Å². The molecule has 3 rings (SSSR count). The number of pyridine rings is 2. The van der Waals surface area contributed by atoms with Gasteiger partial charge in [-0.3, -0.25) is 9.71 Å². The van der Waals surface area contributed by atoms with Gasteiger partial charge in [-0.1, -0.05) is 6.07 Å². The Morgan fingerprint density at radius 1 is 0.952 bits per heavy atom. The summed E-state index contributed by atoms with van der Waals surface area (Å²) in [6, 6.07) is 11.8. The summed E-state index contributed by atoms with van der Waals surface area (Å²) in [7, 11) is -3.85. The summed E-state index contributed by atoms with van der Waals surface area (Å²) in [6.45, 7) is 0. The van der Waals surface area contributed by atoms with Crippen molar-refractivity contribution in [2.24, 2.45) is 0 Å². The van der Waals surface area contributed by atoms with Crippen LogP contribution in [0.25, 0.3) is 10.9 Å². The van der Waals surface area contributed by atoms with Gasteiger partial charge in [0.15, 0.2) is 5.03 Å². The third kappa shape index (κ3) is 2.50. The Morgan fingerprint density at radius 2 is 1.71 bits per heavy atom. The van der Waals surface area contributed by atoms with E-state index in [-0.39, 0.29) is 10.7 Å². The lowest BCUT2D eigenvalue weighted by atomic mass is 10.2. The quantitative estimate of drug-likeness (QED) is 0.771. The maximum Gasteiger partial charge on any atom is 0.281 e. The summed E-state index contributed by atoms with van der Waals surface area (Å²) in [6.07, 6.45) is 3.03. The summed E-state index contributed by atoms with van der Waals surface area (Å²) < 4.78 is 27.3. The molecule has 0 bridgehead atoms. The molecule has 0 saturated carbocycles. The zero-order chi connectivity index (χ0) is 14.9. The van der Waals surface area contributed by atoms with E-state index in [1.807, 2.05) is 6.07 Å². The minimum atomic E-state index is -3.85. The van der Waals surface area contributed by atoms with Crippen molar-refractivity contribution in [3.8, 4) is 0 Å². The number of anilines is 2. The van der Waals surface area contributed by atoms with E-state index < -0.39 is 10.0 Å². The average molecular weight is 300 g/mol. The molecule has 0 amide bonds. The number of nitrogens with zero attached hydrogens (tertiary/aromatic N) is 2. The third-order valence-corrected chi connectivity index (χ3v) is 4.28. The van der Waals surface area contributed by atoms with E-state index in [4.69, 9.17) is 5.73 Å². The van der Waals surface area contributed by atoms with E-state index in [0.717, 1.165) is 0 Å². The smallest absolute Gasteiger partial charge is 0.281 e. The van der Waals surface area contributed by atoms with Gasteiger partial charge in [-0.05, 0) is 36.4 Å². The number of nitrogens with one attached hydrogen (secondary N) is 1. The zero-order valence-electron chi connectivity index (χ0n) is 10.9. The second-order valence-corrected chi connectivity index (χ2v) is 5.98. The summed E-state index contributed by atoms with van der Waals surface area (Å²) in [5.74, 6) is 0. The first kappa shape index (κ1) is 13.3. The Morgan fingerprint density at radius 3 is 2.52 bits per heavy atom. The second kappa shape index (κ2) is 5.02. The normalized spacial score (nSPS) is 11.4. The Bertz CT molecular complexity index is 904. The van der Waals surface area contributed by atoms with Crippen LogP contribution in [-0.2, 0) is 10.0 Å². The maximum absolute atomic E-state index is 12.4. The van der Waals surface area contributed by atoms with E-state index in [1.165, 1.54) is 12.3 Å². The molecule has 0 atom stereocenters. The van der Waals surface area contributed by atoms with Crippen molar-refractivity contribution in [3.63, 3.8) is 0 Å². The van der Waals surface area contributed by atoms with Crippen molar-refractivity contribution >= 4 is 32.3 Å². The molecule has 0 unspecified atom stereocenters. The monoisotopic (exact) mass is 300 g/mol. The van der Waals surface area contributed by atoms with Crippen LogP contribution >= 0.6 is 0 Å². The zero-order valence-corrected chi connectivity index (χ0v) is 11.7. The van der Waals surface area contributed by atoms with Crippen molar-refractivity contribution in [2.45, 2.75) is 5.03 Å². The van der Waals surface area contributed by atoms with Gasteiger partial charge in [-0.15, -0.1) is 0 Å². The van der Waals surface area contributed by atoms with E-state index in [0.29, 0.717) is 16.6 Å². The highest BCUT2D eigenvalue weighted by molar-refractivity contribution is 7.92. The van der Waals surface area contributed by atoms with Crippen LogP contribution in [0.1, 0.15) is 0 Å². The number of sulfonamides is 1. The third-order valence-electron chi connectivity index (χ3n) is 2.95. The highest BCUT2D eigenvalue weighted by atomic mass is 32.2. The number of nitrogens with two attached hydrogens (primary N) is 1. The van der Waals surface area contributed by atoms with Crippen molar-refractivity contribution < 1.29 is 8.42 Å². The minimum Gasteiger partial charge on any atom is -0.396 e. The number of hydrogen-bond donors (Lipinski definition) is 2. The lowest BCUT2D eigenvalue weighted by molar-refractivity contribution is 0.598. The van der Waals surface area contributed by atoms with Crippen LogP contribution < -0.4 is 10.5 Å². The van der Waals surface area contributed by atoms with Gasteiger partial charge >= 0.3 is 0 Å². The van der Waals surface area contributed by atoms with Crippen molar-refractivity contribution in [1.82, 2.24) is 9.97 Å². The Balaban J connectivity index is 2.08. The maximum atomic E-state index is 12.4. The molecule has 1 aromatic carbocycles. The fourth-order valence-corrected chi connectivity index (χ4v) is 3.16. The summed E-state index contributed by atoms with van der Waals surface area (Å²) >= 11 is 0. The Hall–Kier alpha value is -2.67. The van der Waals surface area contributed by atoms with E-state index in [2.05, 4.69) is 14.7 Å².